The summed E-state index contributed by atoms with van der Waals surface area (Å²) in [5.74, 6) is -1.24. The Labute approximate surface area is 182 Å². The zero-order valence-corrected chi connectivity index (χ0v) is 19.5. The first-order chi connectivity index (χ1) is 14.0. The standard InChI is InChI=1S/C23H34F3N3S/c1-6-16(8-7-11-23(5,25)26)13-29-20-10-9-18(30-28-14-17(24)15-28)12-19(20)27-21(29)22(2,3)4/h9-10,12,16-17H,6-8,11,13-15H2,1-5H3. The number of benzene rings is 1. The highest BCUT2D eigenvalue weighted by Gasteiger charge is 2.28. The van der Waals surface area contributed by atoms with Crippen LogP contribution < -0.4 is 0 Å². The van der Waals surface area contributed by atoms with E-state index in [4.69, 9.17) is 4.98 Å². The van der Waals surface area contributed by atoms with E-state index in [1.54, 1.807) is 11.9 Å². The average molecular weight is 442 g/mol. The lowest BCUT2D eigenvalue weighted by Gasteiger charge is -2.32. The number of aromatic nitrogens is 2. The van der Waals surface area contributed by atoms with Gasteiger partial charge in [-0.1, -0.05) is 34.1 Å². The van der Waals surface area contributed by atoms with Gasteiger partial charge in [0.1, 0.15) is 12.0 Å². The predicted molar refractivity (Wildman–Crippen MR) is 119 cm³/mol. The molecule has 3 nitrogen and oxygen atoms in total. The van der Waals surface area contributed by atoms with Crippen molar-refractivity contribution in [2.24, 2.45) is 5.92 Å². The van der Waals surface area contributed by atoms with Crippen LogP contribution in [0.3, 0.4) is 0 Å². The van der Waals surface area contributed by atoms with Crippen molar-refractivity contribution in [1.29, 1.82) is 0 Å². The van der Waals surface area contributed by atoms with Gasteiger partial charge >= 0.3 is 0 Å². The minimum atomic E-state index is -2.59. The summed E-state index contributed by atoms with van der Waals surface area (Å²) in [5.41, 5.74) is 1.90. The van der Waals surface area contributed by atoms with Gasteiger partial charge in [0.2, 0.25) is 5.92 Å². The van der Waals surface area contributed by atoms with Crippen molar-refractivity contribution in [2.75, 3.05) is 13.1 Å². The van der Waals surface area contributed by atoms with E-state index >= 15 is 0 Å². The minimum Gasteiger partial charge on any atom is -0.327 e. The largest absolute Gasteiger partial charge is 0.327 e. The Balaban J connectivity index is 1.82. The molecule has 3 rings (SSSR count). The lowest BCUT2D eigenvalue weighted by atomic mass is 9.94. The Morgan fingerprint density at radius 1 is 1.20 bits per heavy atom. The monoisotopic (exact) mass is 441 g/mol. The van der Waals surface area contributed by atoms with E-state index in [0.29, 0.717) is 25.4 Å². The van der Waals surface area contributed by atoms with E-state index < -0.39 is 12.1 Å². The van der Waals surface area contributed by atoms with Crippen LogP contribution >= 0.6 is 11.9 Å². The maximum Gasteiger partial charge on any atom is 0.245 e. The van der Waals surface area contributed by atoms with Gasteiger partial charge in [0, 0.05) is 36.4 Å². The van der Waals surface area contributed by atoms with Crippen LogP contribution in [0.5, 0.6) is 0 Å². The molecule has 1 aliphatic rings. The van der Waals surface area contributed by atoms with Gasteiger partial charge in [0.05, 0.1) is 11.0 Å². The molecule has 168 valence electrons. The Morgan fingerprint density at radius 2 is 1.90 bits per heavy atom. The smallest absolute Gasteiger partial charge is 0.245 e. The van der Waals surface area contributed by atoms with Gasteiger partial charge in [-0.25, -0.2) is 22.5 Å². The second kappa shape index (κ2) is 9.11. The Kier molecular flexibility index (Phi) is 7.12. The maximum atomic E-state index is 13.2. The molecule has 30 heavy (non-hydrogen) atoms. The molecular weight excluding hydrogens is 407 g/mol. The lowest BCUT2D eigenvalue weighted by molar-refractivity contribution is 0.00919. The molecule has 1 fully saturated rings. The molecule has 7 heteroatoms. The van der Waals surface area contributed by atoms with Crippen LogP contribution in [0.25, 0.3) is 11.0 Å². The Hall–Kier alpha value is -1.21. The number of rotatable bonds is 9. The van der Waals surface area contributed by atoms with Gasteiger partial charge < -0.3 is 4.57 Å². The zero-order chi connectivity index (χ0) is 22.1. The third kappa shape index (κ3) is 5.94. The molecular formula is C23H34F3N3S. The highest BCUT2D eigenvalue weighted by Crippen LogP contribution is 2.34. The lowest BCUT2D eigenvalue weighted by Crippen LogP contribution is -2.43. The maximum absolute atomic E-state index is 13.2. The molecule has 0 bridgehead atoms. The summed E-state index contributed by atoms with van der Waals surface area (Å²) in [5, 5.41) is 0. The Morgan fingerprint density at radius 3 is 2.47 bits per heavy atom. The second-order valence-electron chi connectivity index (χ2n) is 9.72. The van der Waals surface area contributed by atoms with Crippen molar-refractivity contribution < 1.29 is 13.2 Å². The van der Waals surface area contributed by atoms with Gasteiger partial charge in [0.25, 0.3) is 0 Å². The highest BCUT2D eigenvalue weighted by molar-refractivity contribution is 7.97. The summed E-state index contributed by atoms with van der Waals surface area (Å²) in [6.45, 7) is 11.3. The van der Waals surface area contributed by atoms with Crippen molar-refractivity contribution in [3.8, 4) is 0 Å². The summed E-state index contributed by atoms with van der Waals surface area (Å²) < 4.78 is 43.8. The van der Waals surface area contributed by atoms with E-state index in [9.17, 15) is 13.2 Å². The van der Waals surface area contributed by atoms with Crippen molar-refractivity contribution in [1.82, 2.24) is 13.9 Å². The number of alkyl halides is 3. The van der Waals surface area contributed by atoms with Crippen LogP contribution in [-0.2, 0) is 12.0 Å². The van der Waals surface area contributed by atoms with Gasteiger partial charge in [-0.15, -0.1) is 0 Å². The number of hydrogen-bond donors (Lipinski definition) is 0. The molecule has 1 atom stereocenters. The Bertz CT molecular complexity index is 848. The molecule has 2 aromatic rings. The van der Waals surface area contributed by atoms with Crippen LogP contribution in [0, 0.1) is 5.92 Å². The van der Waals surface area contributed by atoms with Crippen molar-refractivity contribution in [2.45, 2.75) is 89.3 Å². The fourth-order valence-electron chi connectivity index (χ4n) is 3.92. The average Bonchev–Trinajstić information content (AvgIpc) is 2.96. The molecule has 1 saturated heterocycles. The molecule has 0 spiro atoms. The number of imidazole rings is 1. The number of hydrogen-bond acceptors (Lipinski definition) is 3. The highest BCUT2D eigenvalue weighted by atomic mass is 32.2. The van der Waals surface area contributed by atoms with Crippen LogP contribution in [0.2, 0.25) is 0 Å². The van der Waals surface area contributed by atoms with Crippen LogP contribution in [0.1, 0.15) is 66.1 Å². The number of halogens is 3. The van der Waals surface area contributed by atoms with E-state index in [1.807, 2.05) is 4.31 Å². The molecule has 0 amide bonds. The third-order valence-electron chi connectivity index (χ3n) is 5.67. The molecule has 0 radical (unpaired) electrons. The van der Waals surface area contributed by atoms with Gasteiger partial charge in [0.15, 0.2) is 0 Å². The van der Waals surface area contributed by atoms with Gasteiger partial charge in [-0.2, -0.15) is 0 Å². The number of fused-ring (bicyclic) bond motifs is 1. The van der Waals surface area contributed by atoms with E-state index in [2.05, 4.69) is 50.5 Å². The molecule has 1 unspecified atom stereocenters. The molecule has 1 aromatic carbocycles. The molecule has 0 saturated carbocycles. The summed E-state index contributed by atoms with van der Waals surface area (Å²) >= 11 is 1.58. The first-order valence-electron chi connectivity index (χ1n) is 10.9. The van der Waals surface area contributed by atoms with Crippen molar-refractivity contribution >= 4 is 23.0 Å². The topological polar surface area (TPSA) is 21.1 Å². The van der Waals surface area contributed by atoms with Crippen LogP contribution in [0.15, 0.2) is 23.1 Å². The third-order valence-corrected chi connectivity index (χ3v) is 6.70. The summed E-state index contributed by atoms with van der Waals surface area (Å²) in [4.78, 5) is 6.02. The first-order valence-corrected chi connectivity index (χ1v) is 11.7. The fraction of sp³-hybridized carbons (Fsp3) is 0.696. The van der Waals surface area contributed by atoms with Gasteiger partial charge in [-0.3, -0.25) is 0 Å². The first kappa shape index (κ1) is 23.5. The van der Waals surface area contributed by atoms with Crippen LogP contribution in [-0.4, -0.2) is 39.0 Å². The van der Waals surface area contributed by atoms with E-state index in [1.165, 1.54) is 0 Å². The van der Waals surface area contributed by atoms with Gasteiger partial charge in [-0.05, 0) is 55.8 Å². The summed E-state index contributed by atoms with van der Waals surface area (Å²) in [7, 11) is 0. The van der Waals surface area contributed by atoms with E-state index in [-0.39, 0.29) is 11.8 Å². The fourth-order valence-corrected chi connectivity index (χ4v) is 4.98. The molecule has 0 aliphatic carbocycles. The predicted octanol–water partition coefficient (Wildman–Crippen LogP) is 6.85. The number of nitrogens with zero attached hydrogens (tertiary/aromatic N) is 3. The quantitative estimate of drug-likeness (QED) is 0.397. The summed E-state index contributed by atoms with van der Waals surface area (Å²) in [6.07, 6.45) is 1.50. The molecule has 1 aliphatic heterocycles. The molecule has 0 N–H and O–H groups in total. The summed E-state index contributed by atoms with van der Waals surface area (Å²) in [6, 6.07) is 6.25. The van der Waals surface area contributed by atoms with E-state index in [0.717, 1.165) is 48.1 Å². The SMILES string of the molecule is CCC(CCCC(C)(F)F)Cn1c(C(C)(C)C)nc2cc(SN3CC(F)C3)ccc21. The minimum absolute atomic E-state index is 0.0584. The molecule has 1 aromatic heterocycles. The van der Waals surface area contributed by atoms with Crippen LogP contribution in [0.4, 0.5) is 13.2 Å². The zero-order valence-electron chi connectivity index (χ0n) is 18.7. The van der Waals surface area contributed by atoms with Crippen molar-refractivity contribution in [3.63, 3.8) is 0 Å². The normalized spacial score (nSPS) is 17.5. The molecule has 2 heterocycles. The van der Waals surface area contributed by atoms with Crippen molar-refractivity contribution in [3.05, 3.63) is 24.0 Å². The second-order valence-corrected chi connectivity index (χ2v) is 10.9.